The fraction of sp³-hybridized carbons (Fsp3) is 0.467. The van der Waals surface area contributed by atoms with Gasteiger partial charge in [-0.15, -0.1) is 0 Å². The second-order valence-electron chi connectivity index (χ2n) is 5.09. The Kier molecular flexibility index (Phi) is 5.55. The van der Waals surface area contributed by atoms with Crippen molar-refractivity contribution in [1.82, 2.24) is 5.43 Å². The van der Waals surface area contributed by atoms with E-state index in [-0.39, 0.29) is 12.3 Å². The summed E-state index contributed by atoms with van der Waals surface area (Å²) in [7, 11) is 1.61. The van der Waals surface area contributed by atoms with Crippen LogP contribution < -0.4 is 10.2 Å². The van der Waals surface area contributed by atoms with Gasteiger partial charge in [-0.05, 0) is 53.5 Å². The second-order valence-corrected chi connectivity index (χ2v) is 5.94. The van der Waals surface area contributed by atoms with E-state index >= 15 is 0 Å². The zero-order chi connectivity index (χ0) is 16.2. The zero-order valence-corrected chi connectivity index (χ0v) is 14.4. The summed E-state index contributed by atoms with van der Waals surface area (Å²) in [5, 5.41) is 4.11. The van der Waals surface area contributed by atoms with E-state index in [0.717, 1.165) is 15.8 Å². The number of ether oxygens (including phenoxy) is 3. The van der Waals surface area contributed by atoms with Crippen LogP contribution in [-0.2, 0) is 14.3 Å². The quantitative estimate of drug-likeness (QED) is 0.638. The second kappa shape index (κ2) is 7.21. The first-order chi connectivity index (χ1) is 10.4. The molecule has 1 aromatic rings. The van der Waals surface area contributed by atoms with Gasteiger partial charge in [-0.1, -0.05) is 0 Å². The number of hydrazone groups is 1. The average Bonchev–Trinajstić information content (AvgIpc) is 2.90. The van der Waals surface area contributed by atoms with Gasteiger partial charge in [0.25, 0.3) is 0 Å². The molecule has 1 N–H and O–H groups in total. The van der Waals surface area contributed by atoms with Gasteiger partial charge in [-0.2, -0.15) is 5.10 Å². The normalized spacial score (nSPS) is 17.4. The lowest BCUT2D eigenvalue weighted by molar-refractivity contribution is -0.159. The monoisotopic (exact) mass is 370 g/mol. The molecule has 6 nitrogen and oxygen atoms in total. The van der Waals surface area contributed by atoms with Gasteiger partial charge in [-0.25, -0.2) is 5.43 Å². The van der Waals surface area contributed by atoms with Gasteiger partial charge in [0.05, 0.1) is 36.9 Å². The minimum absolute atomic E-state index is 0.107. The summed E-state index contributed by atoms with van der Waals surface area (Å²) in [4.78, 5) is 11.9. The number of hydrogen-bond acceptors (Lipinski definition) is 5. The van der Waals surface area contributed by atoms with Gasteiger partial charge in [0, 0.05) is 0 Å². The average molecular weight is 371 g/mol. The molecular weight excluding hydrogens is 352 g/mol. The topological polar surface area (TPSA) is 69.2 Å². The number of amides is 1. The van der Waals surface area contributed by atoms with Gasteiger partial charge in [0.15, 0.2) is 5.79 Å². The molecular formula is C15H19BrN2O4. The van der Waals surface area contributed by atoms with Gasteiger partial charge in [-0.3, -0.25) is 4.79 Å². The summed E-state index contributed by atoms with van der Waals surface area (Å²) in [6, 6.07) is 5.59. The smallest absolute Gasteiger partial charge is 0.245 e. The number of benzene rings is 1. The van der Waals surface area contributed by atoms with Crippen molar-refractivity contribution >= 4 is 27.5 Å². The Hall–Kier alpha value is -1.44. The summed E-state index contributed by atoms with van der Waals surface area (Å²) in [6.45, 7) is 4.58. The molecule has 22 heavy (non-hydrogen) atoms. The first-order valence-corrected chi connectivity index (χ1v) is 7.68. The van der Waals surface area contributed by atoms with Crippen molar-refractivity contribution < 1.29 is 19.0 Å². The first-order valence-electron chi connectivity index (χ1n) is 6.88. The van der Waals surface area contributed by atoms with E-state index in [1.54, 1.807) is 14.0 Å². The van der Waals surface area contributed by atoms with Crippen LogP contribution >= 0.6 is 15.9 Å². The standard InChI is InChI=1S/C15H19BrN2O4/c1-10(11-4-5-13(20-3)12(16)8-11)17-18-14(19)9-15(2)21-6-7-22-15/h4-5,8H,6-7,9H2,1-3H3,(H,18,19)/b17-10+. The highest BCUT2D eigenvalue weighted by molar-refractivity contribution is 9.10. The lowest BCUT2D eigenvalue weighted by atomic mass is 10.1. The molecule has 120 valence electrons. The number of methoxy groups -OCH3 is 1. The molecule has 0 radical (unpaired) electrons. The van der Waals surface area contributed by atoms with Crippen LogP contribution in [0.5, 0.6) is 5.75 Å². The molecule has 7 heteroatoms. The summed E-state index contributed by atoms with van der Waals surface area (Å²) in [6.07, 6.45) is 0.107. The fourth-order valence-electron chi connectivity index (χ4n) is 2.09. The summed E-state index contributed by atoms with van der Waals surface area (Å²) >= 11 is 3.42. The van der Waals surface area contributed by atoms with Crippen LogP contribution in [0.25, 0.3) is 0 Å². The lowest BCUT2D eigenvalue weighted by Crippen LogP contribution is -2.33. The Morgan fingerprint density at radius 3 is 2.73 bits per heavy atom. The Bertz CT molecular complexity index is 583. The Morgan fingerprint density at radius 1 is 1.45 bits per heavy atom. The number of nitrogens with one attached hydrogen (secondary N) is 1. The van der Waals surface area contributed by atoms with Crippen molar-refractivity contribution in [3.05, 3.63) is 28.2 Å². The number of halogens is 1. The molecule has 0 atom stereocenters. The molecule has 1 aromatic carbocycles. The predicted octanol–water partition coefficient (Wildman–Crippen LogP) is 2.45. The fourth-order valence-corrected chi connectivity index (χ4v) is 2.63. The summed E-state index contributed by atoms with van der Waals surface area (Å²) < 4.78 is 16.8. The molecule has 0 saturated carbocycles. The highest BCUT2D eigenvalue weighted by Crippen LogP contribution is 2.26. The Morgan fingerprint density at radius 2 is 2.14 bits per heavy atom. The molecule has 1 heterocycles. The van der Waals surface area contributed by atoms with Crippen LogP contribution in [0.2, 0.25) is 0 Å². The SMILES string of the molecule is COc1ccc(/C(C)=N/NC(=O)CC2(C)OCCO2)cc1Br. The number of rotatable bonds is 5. The van der Waals surface area contributed by atoms with Crippen molar-refractivity contribution in [3.63, 3.8) is 0 Å². The number of carbonyl (C=O) groups excluding carboxylic acids is 1. The summed E-state index contributed by atoms with van der Waals surface area (Å²) in [5.41, 5.74) is 4.10. The molecule has 0 aliphatic carbocycles. The molecule has 0 spiro atoms. The zero-order valence-electron chi connectivity index (χ0n) is 12.8. The highest BCUT2D eigenvalue weighted by atomic mass is 79.9. The van der Waals surface area contributed by atoms with E-state index in [0.29, 0.717) is 18.9 Å². The van der Waals surface area contributed by atoms with Crippen molar-refractivity contribution in [2.75, 3.05) is 20.3 Å². The largest absolute Gasteiger partial charge is 0.496 e. The Balaban J connectivity index is 1.97. The van der Waals surface area contributed by atoms with E-state index in [1.165, 1.54) is 0 Å². The van der Waals surface area contributed by atoms with E-state index in [9.17, 15) is 4.79 Å². The van der Waals surface area contributed by atoms with Crippen molar-refractivity contribution in [3.8, 4) is 5.75 Å². The van der Waals surface area contributed by atoms with Gasteiger partial charge in [0.1, 0.15) is 5.75 Å². The highest BCUT2D eigenvalue weighted by Gasteiger charge is 2.33. The molecule has 1 saturated heterocycles. The Labute approximate surface area is 137 Å². The maximum atomic E-state index is 11.9. The maximum Gasteiger partial charge on any atom is 0.245 e. The third-order valence-corrected chi connectivity index (χ3v) is 3.92. The molecule has 1 fully saturated rings. The van der Waals surface area contributed by atoms with Crippen molar-refractivity contribution in [2.45, 2.75) is 26.1 Å². The third kappa shape index (κ3) is 4.28. The van der Waals surface area contributed by atoms with Crippen LogP contribution in [0.4, 0.5) is 0 Å². The van der Waals surface area contributed by atoms with Gasteiger partial charge in [0.2, 0.25) is 5.91 Å². The van der Waals surface area contributed by atoms with Crippen LogP contribution in [-0.4, -0.2) is 37.7 Å². The van der Waals surface area contributed by atoms with Crippen LogP contribution in [0, 0.1) is 0 Å². The number of nitrogens with zero attached hydrogens (tertiary/aromatic N) is 1. The first kappa shape index (κ1) is 16.9. The minimum atomic E-state index is -0.851. The third-order valence-electron chi connectivity index (χ3n) is 3.30. The maximum absolute atomic E-state index is 11.9. The van der Waals surface area contributed by atoms with Crippen molar-refractivity contribution in [2.24, 2.45) is 5.10 Å². The minimum Gasteiger partial charge on any atom is -0.496 e. The molecule has 2 rings (SSSR count). The molecule has 1 aliphatic heterocycles. The van der Waals surface area contributed by atoms with E-state index in [1.807, 2.05) is 25.1 Å². The van der Waals surface area contributed by atoms with Crippen molar-refractivity contribution in [1.29, 1.82) is 0 Å². The van der Waals surface area contributed by atoms with Gasteiger partial charge >= 0.3 is 0 Å². The number of carbonyl (C=O) groups is 1. The molecule has 0 bridgehead atoms. The van der Waals surface area contributed by atoms with Crippen LogP contribution in [0.1, 0.15) is 25.8 Å². The lowest BCUT2D eigenvalue weighted by Gasteiger charge is -2.20. The summed E-state index contributed by atoms with van der Waals surface area (Å²) in [5.74, 6) is -0.364. The van der Waals surface area contributed by atoms with E-state index in [2.05, 4.69) is 26.5 Å². The van der Waals surface area contributed by atoms with E-state index < -0.39 is 5.79 Å². The predicted molar refractivity (Wildman–Crippen MR) is 86.0 cm³/mol. The molecule has 1 amide bonds. The molecule has 0 aromatic heterocycles. The van der Waals surface area contributed by atoms with E-state index in [4.69, 9.17) is 14.2 Å². The van der Waals surface area contributed by atoms with Crippen LogP contribution in [0.3, 0.4) is 0 Å². The van der Waals surface area contributed by atoms with Crippen LogP contribution in [0.15, 0.2) is 27.8 Å². The van der Waals surface area contributed by atoms with Gasteiger partial charge < -0.3 is 14.2 Å². The number of hydrogen-bond donors (Lipinski definition) is 1. The molecule has 1 aliphatic rings. The molecule has 0 unspecified atom stereocenters.